The number of rotatable bonds is 3. The Bertz CT molecular complexity index is 476. The summed E-state index contributed by atoms with van der Waals surface area (Å²) in [5, 5.41) is 17.3. The van der Waals surface area contributed by atoms with Crippen molar-refractivity contribution in [1.82, 2.24) is 9.88 Å². The fraction of sp³-hybridized carbons (Fsp3) is 0.273. The van der Waals surface area contributed by atoms with Crippen LogP contribution in [0.3, 0.4) is 0 Å². The lowest BCUT2D eigenvalue weighted by Crippen LogP contribution is -2.40. The second kappa shape index (κ2) is 5.07. The highest BCUT2D eigenvalue weighted by Gasteiger charge is 2.23. The smallest absolute Gasteiger partial charge is 0.326 e. The lowest BCUT2D eigenvalue weighted by atomic mass is 10.2. The van der Waals surface area contributed by atoms with Crippen molar-refractivity contribution in [3.8, 4) is 6.07 Å². The molecular weight excluding hydrogens is 222 g/mol. The summed E-state index contributed by atoms with van der Waals surface area (Å²) in [6, 6.07) is 3.80. The number of nitrogens with zero attached hydrogens (tertiary/aromatic N) is 3. The summed E-state index contributed by atoms with van der Waals surface area (Å²) in [6.45, 7) is 1.41. The Hall–Kier alpha value is -2.42. The molecule has 1 aromatic rings. The third-order valence-electron chi connectivity index (χ3n) is 2.37. The third kappa shape index (κ3) is 2.78. The van der Waals surface area contributed by atoms with Gasteiger partial charge in [-0.15, -0.1) is 0 Å². The summed E-state index contributed by atoms with van der Waals surface area (Å²) in [4.78, 5) is 27.4. The number of carboxylic acids is 1. The summed E-state index contributed by atoms with van der Waals surface area (Å²) >= 11 is 0. The van der Waals surface area contributed by atoms with Gasteiger partial charge in [-0.25, -0.2) is 9.78 Å². The minimum Gasteiger partial charge on any atom is -0.480 e. The highest BCUT2D eigenvalue weighted by atomic mass is 16.4. The van der Waals surface area contributed by atoms with Crippen molar-refractivity contribution in [3.63, 3.8) is 0 Å². The van der Waals surface area contributed by atoms with E-state index >= 15 is 0 Å². The molecule has 0 aliphatic carbocycles. The first-order valence-corrected chi connectivity index (χ1v) is 4.83. The number of hydrogen-bond donors (Lipinski definition) is 1. The molecule has 0 fully saturated rings. The van der Waals surface area contributed by atoms with Crippen LogP contribution in [-0.4, -0.2) is 40.0 Å². The number of aromatic nitrogens is 1. The minimum absolute atomic E-state index is 0.111. The number of pyridine rings is 1. The zero-order chi connectivity index (χ0) is 13.0. The lowest BCUT2D eigenvalue weighted by Gasteiger charge is -2.20. The van der Waals surface area contributed by atoms with E-state index in [2.05, 4.69) is 4.98 Å². The van der Waals surface area contributed by atoms with Crippen molar-refractivity contribution < 1.29 is 14.7 Å². The van der Waals surface area contributed by atoms with Gasteiger partial charge in [0.15, 0.2) is 0 Å². The maximum Gasteiger partial charge on any atom is 0.326 e. The van der Waals surface area contributed by atoms with E-state index in [4.69, 9.17) is 10.4 Å². The Kier molecular flexibility index (Phi) is 3.78. The van der Waals surface area contributed by atoms with Gasteiger partial charge in [-0.3, -0.25) is 4.79 Å². The monoisotopic (exact) mass is 233 g/mol. The molecule has 0 aliphatic rings. The molecule has 0 saturated carbocycles. The number of carbonyl (C=O) groups is 2. The van der Waals surface area contributed by atoms with E-state index in [1.807, 2.05) is 6.07 Å². The second-order valence-corrected chi connectivity index (χ2v) is 3.47. The largest absolute Gasteiger partial charge is 0.480 e. The summed E-state index contributed by atoms with van der Waals surface area (Å²) in [5.74, 6) is -1.58. The van der Waals surface area contributed by atoms with Crippen LogP contribution in [-0.2, 0) is 4.79 Å². The Morgan fingerprint density at radius 3 is 2.59 bits per heavy atom. The van der Waals surface area contributed by atoms with Crippen LogP contribution in [0.1, 0.15) is 23.0 Å². The molecular formula is C11H11N3O3. The number of likely N-dealkylation sites (N-methyl/N-ethyl adjacent to an activating group) is 1. The zero-order valence-corrected chi connectivity index (χ0v) is 9.41. The first kappa shape index (κ1) is 12.6. The number of carbonyl (C=O) groups excluding carboxylic acids is 1. The van der Waals surface area contributed by atoms with Gasteiger partial charge < -0.3 is 10.0 Å². The van der Waals surface area contributed by atoms with E-state index in [0.717, 1.165) is 4.90 Å². The van der Waals surface area contributed by atoms with Gasteiger partial charge in [0, 0.05) is 13.2 Å². The van der Waals surface area contributed by atoms with Crippen LogP contribution >= 0.6 is 0 Å². The predicted molar refractivity (Wildman–Crippen MR) is 58.1 cm³/mol. The van der Waals surface area contributed by atoms with Crippen LogP contribution < -0.4 is 0 Å². The van der Waals surface area contributed by atoms with Gasteiger partial charge in [-0.1, -0.05) is 0 Å². The molecule has 6 heteroatoms. The summed E-state index contributed by atoms with van der Waals surface area (Å²) < 4.78 is 0. The summed E-state index contributed by atoms with van der Waals surface area (Å²) in [6.07, 6.45) is 1.27. The van der Waals surface area contributed by atoms with Gasteiger partial charge in [0.2, 0.25) is 0 Å². The minimum atomic E-state index is -1.09. The van der Waals surface area contributed by atoms with Crippen LogP contribution in [0.5, 0.6) is 0 Å². The maximum atomic E-state index is 11.8. The number of hydrogen-bond acceptors (Lipinski definition) is 4. The lowest BCUT2D eigenvalue weighted by molar-refractivity contribution is -0.141. The first-order chi connectivity index (χ1) is 7.97. The molecule has 1 amide bonds. The maximum absolute atomic E-state index is 11.8. The quantitative estimate of drug-likeness (QED) is 0.820. The van der Waals surface area contributed by atoms with Crippen molar-refractivity contribution in [2.45, 2.75) is 13.0 Å². The summed E-state index contributed by atoms with van der Waals surface area (Å²) in [7, 11) is 1.39. The van der Waals surface area contributed by atoms with Gasteiger partial charge in [0.1, 0.15) is 17.8 Å². The fourth-order valence-corrected chi connectivity index (χ4v) is 1.11. The Labute approximate surface area is 98.1 Å². The highest BCUT2D eigenvalue weighted by Crippen LogP contribution is 2.05. The van der Waals surface area contributed by atoms with E-state index in [0.29, 0.717) is 5.56 Å². The molecule has 6 nitrogen and oxygen atoms in total. The van der Waals surface area contributed by atoms with Crippen molar-refractivity contribution in [3.05, 3.63) is 29.6 Å². The van der Waals surface area contributed by atoms with E-state index < -0.39 is 17.9 Å². The van der Waals surface area contributed by atoms with Crippen molar-refractivity contribution >= 4 is 11.9 Å². The normalized spacial score (nSPS) is 11.4. The number of nitriles is 1. The molecule has 0 bridgehead atoms. The molecule has 17 heavy (non-hydrogen) atoms. The molecule has 0 aromatic carbocycles. The van der Waals surface area contributed by atoms with E-state index in [1.165, 1.54) is 32.3 Å². The summed E-state index contributed by atoms with van der Waals surface area (Å²) in [5.41, 5.74) is 0.454. The Morgan fingerprint density at radius 1 is 1.53 bits per heavy atom. The van der Waals surface area contributed by atoms with Gasteiger partial charge in [-0.2, -0.15) is 5.26 Å². The molecule has 88 valence electrons. The zero-order valence-electron chi connectivity index (χ0n) is 9.41. The van der Waals surface area contributed by atoms with Crippen molar-refractivity contribution in [2.24, 2.45) is 0 Å². The van der Waals surface area contributed by atoms with Crippen LogP contribution in [0.15, 0.2) is 18.3 Å². The van der Waals surface area contributed by atoms with Crippen molar-refractivity contribution in [2.75, 3.05) is 7.05 Å². The van der Waals surface area contributed by atoms with E-state index in [1.54, 1.807) is 0 Å². The average Bonchev–Trinajstić information content (AvgIpc) is 2.36. The molecule has 1 rings (SSSR count). The van der Waals surface area contributed by atoms with Gasteiger partial charge >= 0.3 is 5.97 Å². The predicted octanol–water partition coefficient (Wildman–Crippen LogP) is 0.498. The van der Waals surface area contributed by atoms with Crippen LogP contribution in [0, 0.1) is 11.3 Å². The van der Waals surface area contributed by atoms with Gasteiger partial charge in [-0.05, 0) is 19.1 Å². The van der Waals surface area contributed by atoms with Crippen LogP contribution in [0.25, 0.3) is 0 Å². The molecule has 0 radical (unpaired) electrons. The van der Waals surface area contributed by atoms with E-state index in [-0.39, 0.29) is 5.69 Å². The first-order valence-electron chi connectivity index (χ1n) is 4.83. The Balaban J connectivity index is 2.89. The highest BCUT2D eigenvalue weighted by molar-refractivity contribution is 5.94. The average molecular weight is 233 g/mol. The standard InChI is InChI=1S/C11H11N3O3/c1-7(11(16)17)14(2)10(15)9-4-3-8(5-12)6-13-9/h3-4,6-7H,1-2H3,(H,16,17). The molecule has 1 heterocycles. The second-order valence-electron chi connectivity index (χ2n) is 3.47. The molecule has 0 saturated heterocycles. The SMILES string of the molecule is CC(C(=O)O)N(C)C(=O)c1ccc(C#N)cn1. The molecule has 1 aromatic heterocycles. The third-order valence-corrected chi connectivity index (χ3v) is 2.37. The van der Waals surface area contributed by atoms with Gasteiger partial charge in [0.05, 0.1) is 5.56 Å². The molecule has 0 spiro atoms. The number of aliphatic carboxylic acids is 1. The van der Waals surface area contributed by atoms with Crippen molar-refractivity contribution in [1.29, 1.82) is 5.26 Å². The molecule has 1 unspecified atom stereocenters. The van der Waals surface area contributed by atoms with Crippen LogP contribution in [0.2, 0.25) is 0 Å². The number of amides is 1. The topological polar surface area (TPSA) is 94.3 Å². The van der Waals surface area contributed by atoms with Gasteiger partial charge in [0.25, 0.3) is 5.91 Å². The van der Waals surface area contributed by atoms with E-state index in [9.17, 15) is 9.59 Å². The molecule has 0 aliphatic heterocycles. The fourth-order valence-electron chi connectivity index (χ4n) is 1.11. The molecule has 1 N–H and O–H groups in total. The van der Waals surface area contributed by atoms with Crippen LogP contribution in [0.4, 0.5) is 0 Å². The molecule has 1 atom stereocenters. The number of carboxylic acid groups (broad SMARTS) is 1. The Morgan fingerprint density at radius 2 is 2.18 bits per heavy atom.